The highest BCUT2D eigenvalue weighted by atomic mass is 16.7. The number of methoxy groups -OCH3 is 1. The third-order valence-corrected chi connectivity index (χ3v) is 14.5. The molecule has 4 aliphatic rings. The average Bonchev–Trinajstić information content (AvgIpc) is 3.83. The number of phenolic OH excluding ortho intramolecular Hbond substituents is 2. The van der Waals surface area contributed by atoms with Gasteiger partial charge in [-0.3, -0.25) is 24.4 Å². The Morgan fingerprint density at radius 1 is 0.812 bits per heavy atom. The summed E-state index contributed by atoms with van der Waals surface area (Å²) in [4.78, 5) is 52.5. The van der Waals surface area contributed by atoms with Crippen molar-refractivity contribution in [3.8, 4) is 17.2 Å². The molecule has 6 N–H and O–H groups in total. The second-order valence-corrected chi connectivity index (χ2v) is 19.3. The highest BCUT2D eigenvalue weighted by molar-refractivity contribution is 6.19. The average molecular weight is 943 g/mol. The van der Waals surface area contributed by atoms with Crippen molar-refractivity contribution in [3.63, 3.8) is 0 Å². The Bertz CT molecular complexity index is 2840. The first-order chi connectivity index (χ1) is 32.8. The van der Waals surface area contributed by atoms with E-state index in [1.54, 1.807) is 65.8 Å². The number of allylic oxidation sites excluding steroid dienone is 2. The molecule has 1 spiro atoms. The molecule has 4 aliphatic heterocycles. The van der Waals surface area contributed by atoms with E-state index in [1.807, 2.05) is 60.7 Å². The Morgan fingerprint density at radius 3 is 2.01 bits per heavy atom. The molecule has 4 bridgehead atoms. The first-order valence-corrected chi connectivity index (χ1v) is 23.5. The molecule has 0 aromatic heterocycles. The van der Waals surface area contributed by atoms with E-state index >= 15 is 4.79 Å². The van der Waals surface area contributed by atoms with Crippen LogP contribution in [0.1, 0.15) is 100 Å². The molecule has 12 atom stereocenters. The maximum absolute atomic E-state index is 15.0. The molecular formula is C54H62N4O11. The number of esters is 1. The predicted octanol–water partition coefficient (Wildman–Crippen LogP) is 6.86. The monoisotopic (exact) mass is 942 g/mol. The fraction of sp³-hybridized carbons (Fsp3) is 0.426. The van der Waals surface area contributed by atoms with E-state index in [0.29, 0.717) is 12.8 Å². The Balaban J connectivity index is 1.33. The van der Waals surface area contributed by atoms with Gasteiger partial charge < -0.3 is 50.0 Å². The second kappa shape index (κ2) is 19.2. The van der Waals surface area contributed by atoms with Gasteiger partial charge in [-0.15, -0.1) is 0 Å². The van der Waals surface area contributed by atoms with Gasteiger partial charge in [-0.1, -0.05) is 107 Å². The molecule has 4 heterocycles. The number of hydrogen-bond donors (Lipinski definition) is 6. The summed E-state index contributed by atoms with van der Waals surface area (Å²) in [5.74, 6) is -7.20. The lowest BCUT2D eigenvalue weighted by atomic mass is 9.78. The molecule has 0 radical (unpaired) electrons. The number of ether oxygens (including phenoxy) is 4. The zero-order valence-corrected chi connectivity index (χ0v) is 40.4. The third-order valence-electron chi connectivity index (χ3n) is 14.5. The van der Waals surface area contributed by atoms with Crippen molar-refractivity contribution in [2.24, 2.45) is 33.7 Å². The number of rotatable bonds is 4. The van der Waals surface area contributed by atoms with Crippen LogP contribution in [0.15, 0.2) is 107 Å². The molecule has 15 nitrogen and oxygen atoms in total. The number of aromatic hydroxyl groups is 2. The fourth-order valence-corrected chi connectivity index (χ4v) is 10.4. The van der Waals surface area contributed by atoms with Crippen LogP contribution in [0.4, 0.5) is 5.69 Å². The highest BCUT2D eigenvalue weighted by Crippen LogP contribution is 2.51. The van der Waals surface area contributed by atoms with Crippen molar-refractivity contribution < 1.29 is 53.8 Å². The van der Waals surface area contributed by atoms with Crippen molar-refractivity contribution in [1.82, 2.24) is 5.32 Å². The number of aliphatic hydroxyl groups is 2. The van der Waals surface area contributed by atoms with E-state index < -0.39 is 88.7 Å². The standard InChI is InChI=1S/C54H62N4O11/c1-27-17-16-18-28(2)52(65)56-44-43-42(57-54(58-43)25-36(34-19-12-10-13-20-34)55-37(26-54)35-21-14-11-15-22-35)39-40(48(44)63)47(62)32(6)50-41(39)51(64)53(8,69-50)67-24-23-38(66-9)29(3)49(68-33(7)59)31(5)46(61)30(4)45(27)60/h10-24,27,29-31,36-38,45-46,49,55,60-63H,25-26H2,1-9H3,(H,56,65)/b17-16-,24-23-,28-18+/t27-,29-,30+,31+,36-,37+,38-,45-,46+,49+,53-,54?/m0/s1. The summed E-state index contributed by atoms with van der Waals surface area (Å²) in [6, 6.07) is 19.4. The largest absolute Gasteiger partial charge is 0.507 e. The van der Waals surface area contributed by atoms with Crippen LogP contribution in [-0.4, -0.2) is 81.1 Å². The Morgan fingerprint density at radius 2 is 1.42 bits per heavy atom. The van der Waals surface area contributed by atoms with Gasteiger partial charge in [-0.05, 0) is 31.1 Å². The fourth-order valence-electron chi connectivity index (χ4n) is 10.4. The van der Waals surface area contributed by atoms with Gasteiger partial charge in [-0.25, -0.2) is 0 Å². The molecule has 1 saturated heterocycles. The Kier molecular flexibility index (Phi) is 13.6. The van der Waals surface area contributed by atoms with Crippen LogP contribution in [-0.2, 0) is 23.8 Å². The van der Waals surface area contributed by atoms with E-state index in [9.17, 15) is 30.0 Å². The number of amides is 1. The van der Waals surface area contributed by atoms with Crippen LogP contribution in [0, 0.1) is 30.6 Å². The maximum atomic E-state index is 15.0. The van der Waals surface area contributed by atoms with E-state index in [2.05, 4.69) is 10.6 Å². The summed E-state index contributed by atoms with van der Waals surface area (Å²) in [6.07, 6.45) is 4.58. The van der Waals surface area contributed by atoms with Gasteiger partial charge in [0.2, 0.25) is 0 Å². The van der Waals surface area contributed by atoms with Crippen LogP contribution in [0.5, 0.6) is 17.2 Å². The van der Waals surface area contributed by atoms with Crippen molar-refractivity contribution in [2.75, 3.05) is 12.4 Å². The molecule has 364 valence electrons. The van der Waals surface area contributed by atoms with Gasteiger partial charge in [-0.2, -0.15) is 0 Å². The molecule has 1 unspecified atom stereocenters. The summed E-state index contributed by atoms with van der Waals surface area (Å²) in [5, 5.41) is 54.6. The minimum atomic E-state index is -2.01. The van der Waals surface area contributed by atoms with Crippen molar-refractivity contribution in [1.29, 1.82) is 0 Å². The van der Waals surface area contributed by atoms with Crippen molar-refractivity contribution >= 4 is 34.1 Å². The zero-order chi connectivity index (χ0) is 49.7. The number of nitrogens with one attached hydrogen (secondary N) is 2. The number of piperidine rings is 1. The summed E-state index contributed by atoms with van der Waals surface area (Å²) in [6.45, 7) is 12.9. The highest BCUT2D eigenvalue weighted by Gasteiger charge is 2.51. The van der Waals surface area contributed by atoms with E-state index in [-0.39, 0.29) is 61.7 Å². The SMILES string of the molecule is CO[C@H]1/C=C\O[C@@]2(C)Oc3c(C)c(O)c4c(O)c(c5c(c4c3C2=O)=NC2(C[C@@H](c3ccccc3)N[C@@H](c3ccccc3)C2)N=5)NC(=O)/C(C)=C/C=C\[C@H](C)[C@H](O)[C@@H](C)[C@@H](O)[C@@H](C)[C@H](OC(C)=O)[C@H]1C. The van der Waals surface area contributed by atoms with E-state index in [1.165, 1.54) is 27.2 Å². The van der Waals surface area contributed by atoms with E-state index in [0.717, 1.165) is 11.1 Å². The Labute approximate surface area is 401 Å². The number of anilines is 1. The minimum absolute atomic E-state index is 0.000251. The summed E-state index contributed by atoms with van der Waals surface area (Å²) >= 11 is 0. The van der Waals surface area contributed by atoms with Crippen LogP contribution in [0.25, 0.3) is 10.8 Å². The first-order valence-electron chi connectivity index (χ1n) is 23.5. The number of aliphatic hydroxyl groups excluding tert-OH is 2. The van der Waals surface area contributed by atoms with Crippen molar-refractivity contribution in [3.05, 3.63) is 130 Å². The molecule has 4 aromatic rings. The lowest BCUT2D eigenvalue weighted by molar-refractivity contribution is -0.160. The van der Waals surface area contributed by atoms with Gasteiger partial charge in [0, 0.05) is 86.1 Å². The lowest BCUT2D eigenvalue weighted by Gasteiger charge is -2.40. The number of nitrogens with zero attached hydrogens (tertiary/aromatic N) is 2. The quantitative estimate of drug-likeness (QED) is 0.0914. The topological polar surface area (TPSA) is 218 Å². The van der Waals surface area contributed by atoms with Gasteiger partial charge in [0.05, 0.1) is 40.9 Å². The summed E-state index contributed by atoms with van der Waals surface area (Å²) in [5.41, 5.74) is 1.07. The van der Waals surface area contributed by atoms with Crippen LogP contribution < -0.4 is 26.1 Å². The number of Topliss-reactive ketones (excluding diaryl/α,β-unsaturated/α-hetero) is 1. The molecule has 15 heteroatoms. The number of carbonyl (C=O) groups excluding carboxylic acids is 3. The van der Waals surface area contributed by atoms with Gasteiger partial charge in [0.15, 0.2) is 11.4 Å². The van der Waals surface area contributed by atoms with Crippen LogP contribution in [0.2, 0.25) is 0 Å². The van der Waals surface area contributed by atoms with Crippen molar-refractivity contribution in [2.45, 2.75) is 116 Å². The first kappa shape index (κ1) is 49.0. The van der Waals surface area contributed by atoms with Crippen LogP contribution in [0.3, 0.4) is 0 Å². The molecule has 0 aliphatic carbocycles. The van der Waals surface area contributed by atoms with Gasteiger partial charge in [0.1, 0.15) is 28.6 Å². The molecule has 69 heavy (non-hydrogen) atoms. The molecule has 4 aromatic carbocycles. The second-order valence-electron chi connectivity index (χ2n) is 19.3. The number of benzene rings is 4. The maximum Gasteiger partial charge on any atom is 0.312 e. The predicted molar refractivity (Wildman–Crippen MR) is 258 cm³/mol. The smallest absolute Gasteiger partial charge is 0.312 e. The summed E-state index contributed by atoms with van der Waals surface area (Å²) in [7, 11) is 1.47. The van der Waals surface area contributed by atoms with Gasteiger partial charge in [0.25, 0.3) is 11.7 Å². The number of carbonyl (C=O) groups is 3. The third kappa shape index (κ3) is 9.04. The molecule has 1 fully saturated rings. The van der Waals surface area contributed by atoms with Crippen LogP contribution >= 0.6 is 0 Å². The van der Waals surface area contributed by atoms with Gasteiger partial charge >= 0.3 is 11.8 Å². The molecular weight excluding hydrogens is 881 g/mol. The molecule has 1 amide bonds. The molecule has 0 saturated carbocycles. The number of ketones is 1. The number of phenols is 2. The lowest BCUT2D eigenvalue weighted by Crippen LogP contribution is -2.46. The zero-order valence-electron chi connectivity index (χ0n) is 40.4. The molecule has 8 rings (SSSR count). The number of fused-ring (bicyclic) bond motifs is 1. The Hall–Kier alpha value is -6.39. The minimum Gasteiger partial charge on any atom is -0.507 e. The number of hydrogen-bond acceptors (Lipinski definition) is 14. The van der Waals surface area contributed by atoms with E-state index in [4.69, 9.17) is 28.9 Å². The summed E-state index contributed by atoms with van der Waals surface area (Å²) < 4.78 is 24.2. The normalized spacial score (nSPS) is 33.3.